The van der Waals surface area contributed by atoms with Gasteiger partial charge in [0.1, 0.15) is 0 Å². The molecule has 0 aliphatic carbocycles. The van der Waals surface area contributed by atoms with Gasteiger partial charge in [-0.25, -0.2) is 0 Å². The summed E-state index contributed by atoms with van der Waals surface area (Å²) < 4.78 is 0. The number of rotatable bonds is 6. The molecule has 0 saturated carbocycles. The first-order chi connectivity index (χ1) is 6.82. The largest absolute Gasteiger partial charge is 0.326 e. The molecule has 0 radical (unpaired) electrons. The van der Waals surface area contributed by atoms with Crippen LogP contribution in [-0.4, -0.2) is 42.6 Å². The van der Waals surface area contributed by atoms with Crippen LogP contribution in [0.5, 0.6) is 0 Å². The molecule has 2 nitrogen and oxygen atoms in total. The van der Waals surface area contributed by atoms with E-state index in [4.69, 9.17) is 5.73 Å². The normalized spacial score (nSPS) is 16.8. The molecular weight excluding hydrogens is 204 g/mol. The zero-order chi connectivity index (χ0) is 12.1. The average Bonchev–Trinajstić information content (AvgIpc) is 2.12. The molecule has 0 bridgehead atoms. The summed E-state index contributed by atoms with van der Waals surface area (Å²) in [6.45, 7) is 9.87. The average molecular weight is 232 g/mol. The minimum Gasteiger partial charge on any atom is -0.326 e. The third-order valence-corrected chi connectivity index (χ3v) is 3.77. The molecule has 0 saturated heterocycles. The highest BCUT2D eigenvalue weighted by Crippen LogP contribution is 2.19. The first kappa shape index (κ1) is 15.3. The molecule has 15 heavy (non-hydrogen) atoms. The summed E-state index contributed by atoms with van der Waals surface area (Å²) in [5.41, 5.74) is 6.39. The van der Waals surface area contributed by atoms with Gasteiger partial charge in [-0.2, -0.15) is 11.8 Å². The van der Waals surface area contributed by atoms with Crippen molar-refractivity contribution in [2.45, 2.75) is 46.2 Å². The van der Waals surface area contributed by atoms with Gasteiger partial charge in [-0.1, -0.05) is 27.7 Å². The highest BCUT2D eigenvalue weighted by atomic mass is 32.2. The molecule has 3 heteroatoms. The maximum Gasteiger partial charge on any atom is 0.0217 e. The van der Waals surface area contributed by atoms with E-state index in [9.17, 15) is 0 Å². The van der Waals surface area contributed by atoms with Gasteiger partial charge in [0.25, 0.3) is 0 Å². The number of hydrogen-bond donors (Lipinski definition) is 1. The number of likely N-dealkylation sites (N-methyl/N-ethyl adjacent to an activating group) is 1. The van der Waals surface area contributed by atoms with E-state index in [1.165, 1.54) is 12.2 Å². The van der Waals surface area contributed by atoms with E-state index in [0.29, 0.717) is 6.04 Å². The van der Waals surface area contributed by atoms with Crippen LogP contribution in [0, 0.1) is 5.41 Å². The molecule has 0 aromatic heterocycles. The van der Waals surface area contributed by atoms with Crippen molar-refractivity contribution >= 4 is 11.8 Å². The van der Waals surface area contributed by atoms with Crippen LogP contribution in [0.4, 0.5) is 0 Å². The van der Waals surface area contributed by atoms with E-state index in [1.807, 2.05) is 11.8 Å². The van der Waals surface area contributed by atoms with Crippen LogP contribution in [0.1, 0.15) is 34.1 Å². The second kappa shape index (κ2) is 6.77. The van der Waals surface area contributed by atoms with Crippen molar-refractivity contribution in [3.63, 3.8) is 0 Å². The van der Waals surface area contributed by atoms with Gasteiger partial charge >= 0.3 is 0 Å². The third kappa shape index (κ3) is 5.79. The van der Waals surface area contributed by atoms with Crippen molar-refractivity contribution in [1.29, 1.82) is 0 Å². The fourth-order valence-electron chi connectivity index (χ4n) is 1.48. The molecule has 2 unspecified atom stereocenters. The van der Waals surface area contributed by atoms with Crippen LogP contribution in [-0.2, 0) is 0 Å². The summed E-state index contributed by atoms with van der Waals surface area (Å²) in [7, 11) is 2.19. The maximum atomic E-state index is 6.19. The van der Waals surface area contributed by atoms with Crippen LogP contribution >= 0.6 is 11.8 Å². The summed E-state index contributed by atoms with van der Waals surface area (Å²) in [5, 5.41) is 0. The maximum absolute atomic E-state index is 6.19. The van der Waals surface area contributed by atoms with E-state index in [0.717, 1.165) is 6.54 Å². The standard InChI is InChI=1S/C12H28N2S/c1-7-10(9-15-6)14(5)8-11(13)12(2,3)4/h10-11H,7-9,13H2,1-6H3. The van der Waals surface area contributed by atoms with Gasteiger partial charge in [-0.15, -0.1) is 0 Å². The summed E-state index contributed by atoms with van der Waals surface area (Å²) >= 11 is 1.91. The highest BCUT2D eigenvalue weighted by molar-refractivity contribution is 7.98. The van der Waals surface area contributed by atoms with Crippen LogP contribution < -0.4 is 5.73 Å². The Kier molecular flexibility index (Phi) is 6.89. The number of hydrogen-bond acceptors (Lipinski definition) is 3. The first-order valence-corrected chi connectivity index (χ1v) is 7.17. The minimum absolute atomic E-state index is 0.200. The summed E-state index contributed by atoms with van der Waals surface area (Å²) in [4.78, 5) is 2.41. The minimum atomic E-state index is 0.200. The molecule has 0 fully saturated rings. The second-order valence-corrected chi connectivity index (χ2v) is 6.34. The summed E-state index contributed by atoms with van der Waals surface area (Å²) in [6, 6.07) is 0.909. The Labute approximate surface area is 100.0 Å². The molecule has 0 spiro atoms. The quantitative estimate of drug-likeness (QED) is 0.763. The topological polar surface area (TPSA) is 29.3 Å². The first-order valence-electron chi connectivity index (χ1n) is 5.77. The van der Waals surface area contributed by atoms with E-state index in [1.54, 1.807) is 0 Å². The summed E-state index contributed by atoms with van der Waals surface area (Å²) in [6.07, 6.45) is 3.37. The van der Waals surface area contributed by atoms with Gasteiger partial charge < -0.3 is 10.6 Å². The zero-order valence-corrected chi connectivity index (χ0v) is 12.0. The molecule has 0 heterocycles. The van der Waals surface area contributed by atoms with Gasteiger partial charge in [0, 0.05) is 24.4 Å². The predicted molar refractivity (Wildman–Crippen MR) is 72.5 cm³/mol. The monoisotopic (exact) mass is 232 g/mol. The van der Waals surface area contributed by atoms with Crippen molar-refractivity contribution in [3.8, 4) is 0 Å². The Morgan fingerprint density at radius 3 is 2.20 bits per heavy atom. The molecule has 0 amide bonds. The van der Waals surface area contributed by atoms with Crippen molar-refractivity contribution in [3.05, 3.63) is 0 Å². The third-order valence-electron chi connectivity index (χ3n) is 3.05. The smallest absolute Gasteiger partial charge is 0.0217 e. The summed E-state index contributed by atoms with van der Waals surface area (Å²) in [5.74, 6) is 1.20. The molecule has 0 aromatic carbocycles. The van der Waals surface area contributed by atoms with Crippen molar-refractivity contribution in [2.24, 2.45) is 11.1 Å². The number of nitrogens with two attached hydrogens (primary N) is 1. The lowest BCUT2D eigenvalue weighted by molar-refractivity contribution is 0.189. The lowest BCUT2D eigenvalue weighted by Gasteiger charge is -2.34. The predicted octanol–water partition coefficient (Wildman–Crippen LogP) is 2.43. The number of thioether (sulfide) groups is 1. The van der Waals surface area contributed by atoms with E-state index < -0.39 is 0 Å². The Morgan fingerprint density at radius 2 is 1.87 bits per heavy atom. The number of nitrogens with zero attached hydrogens (tertiary/aromatic N) is 1. The fraction of sp³-hybridized carbons (Fsp3) is 1.00. The fourth-order valence-corrected chi connectivity index (χ4v) is 2.36. The Hall–Kier alpha value is 0.270. The Morgan fingerprint density at radius 1 is 1.33 bits per heavy atom. The molecule has 0 rings (SSSR count). The molecule has 2 atom stereocenters. The van der Waals surface area contributed by atoms with Crippen LogP contribution in [0.25, 0.3) is 0 Å². The van der Waals surface area contributed by atoms with Gasteiger partial charge in [0.05, 0.1) is 0 Å². The molecule has 92 valence electrons. The van der Waals surface area contributed by atoms with Crippen molar-refractivity contribution in [2.75, 3.05) is 25.6 Å². The Balaban J connectivity index is 4.15. The molecule has 0 aliphatic heterocycles. The van der Waals surface area contributed by atoms with Crippen LogP contribution in [0.15, 0.2) is 0 Å². The molecule has 2 N–H and O–H groups in total. The lowest BCUT2D eigenvalue weighted by atomic mass is 9.87. The van der Waals surface area contributed by atoms with Crippen molar-refractivity contribution < 1.29 is 0 Å². The lowest BCUT2D eigenvalue weighted by Crippen LogP contribution is -2.47. The van der Waals surface area contributed by atoms with Gasteiger partial charge in [0.15, 0.2) is 0 Å². The van der Waals surface area contributed by atoms with E-state index in [2.05, 4.69) is 45.9 Å². The van der Waals surface area contributed by atoms with Gasteiger partial charge in [-0.3, -0.25) is 0 Å². The molecular formula is C12H28N2S. The Bertz CT molecular complexity index is 165. The van der Waals surface area contributed by atoms with Crippen molar-refractivity contribution in [1.82, 2.24) is 4.90 Å². The van der Waals surface area contributed by atoms with Crippen LogP contribution in [0.3, 0.4) is 0 Å². The van der Waals surface area contributed by atoms with E-state index >= 15 is 0 Å². The molecule has 0 aliphatic rings. The SMILES string of the molecule is CCC(CSC)N(C)CC(N)C(C)(C)C. The van der Waals surface area contributed by atoms with Gasteiger partial charge in [0.2, 0.25) is 0 Å². The molecule has 0 aromatic rings. The van der Waals surface area contributed by atoms with Crippen LogP contribution in [0.2, 0.25) is 0 Å². The second-order valence-electron chi connectivity index (χ2n) is 5.43. The van der Waals surface area contributed by atoms with E-state index in [-0.39, 0.29) is 11.5 Å². The van der Waals surface area contributed by atoms with Gasteiger partial charge in [-0.05, 0) is 25.1 Å². The zero-order valence-electron chi connectivity index (χ0n) is 11.2. The highest BCUT2D eigenvalue weighted by Gasteiger charge is 2.23.